The molecule has 5 nitrogen and oxygen atoms in total. The molecule has 2 aliphatic heterocycles. The Balaban J connectivity index is 1.65. The van der Waals surface area contributed by atoms with E-state index < -0.39 is 6.04 Å². The van der Waals surface area contributed by atoms with Gasteiger partial charge in [0.1, 0.15) is 12.6 Å². The van der Waals surface area contributed by atoms with Crippen molar-refractivity contribution in [3.63, 3.8) is 0 Å². The number of amides is 1. The number of ether oxygens (including phenoxy) is 1. The molecule has 23 heavy (non-hydrogen) atoms. The minimum absolute atomic E-state index is 0.149. The summed E-state index contributed by atoms with van der Waals surface area (Å²) in [5.41, 5.74) is 1.61. The summed E-state index contributed by atoms with van der Waals surface area (Å²) >= 11 is 6.07. The number of carbonyl (C=O) groups excluding carboxylic acids is 2. The first-order chi connectivity index (χ1) is 11.0. The predicted molar refractivity (Wildman–Crippen MR) is 87.7 cm³/mol. The number of morpholine rings is 1. The highest BCUT2D eigenvalue weighted by atomic mass is 35.5. The van der Waals surface area contributed by atoms with Crippen LogP contribution in [0.1, 0.15) is 31.2 Å². The normalized spacial score (nSPS) is 27.0. The highest BCUT2D eigenvalue weighted by Crippen LogP contribution is 2.20. The van der Waals surface area contributed by atoms with Gasteiger partial charge in [0.15, 0.2) is 6.04 Å². The number of rotatable bonds is 3. The molecular formula is C17H22ClN2O3+. The molecule has 2 N–H and O–H groups in total. The number of hydrogen-bond acceptors (Lipinski definition) is 3. The maximum Gasteiger partial charge on any atom is 0.365 e. The summed E-state index contributed by atoms with van der Waals surface area (Å²) in [7, 11) is 0. The average Bonchev–Trinajstić information content (AvgIpc) is 2.54. The monoisotopic (exact) mass is 337 g/mol. The van der Waals surface area contributed by atoms with Gasteiger partial charge >= 0.3 is 5.97 Å². The molecule has 1 aromatic carbocycles. The second-order valence-electron chi connectivity index (χ2n) is 6.42. The number of piperidine rings is 1. The van der Waals surface area contributed by atoms with Crippen LogP contribution in [-0.4, -0.2) is 37.1 Å². The standard InChI is InChI=1S/C17H21ClN2O3/c1-11-5-6-12(8-14(11)18)19-16(21)9-15-17(22)23-10-13-4-2-3-7-20(13)15/h5-6,8,13,15H,2-4,7,9-10H2,1H3,(H,19,21)/p+1/t13-,15+/m0/s1. The Morgan fingerprint density at radius 3 is 3.04 bits per heavy atom. The van der Waals surface area contributed by atoms with Crippen molar-refractivity contribution in [1.82, 2.24) is 0 Å². The second kappa shape index (κ2) is 6.89. The molecule has 1 unspecified atom stereocenters. The van der Waals surface area contributed by atoms with Crippen LogP contribution in [0.15, 0.2) is 18.2 Å². The van der Waals surface area contributed by atoms with Crippen molar-refractivity contribution in [2.45, 2.75) is 44.7 Å². The molecule has 0 aliphatic carbocycles. The van der Waals surface area contributed by atoms with Gasteiger partial charge in [0.05, 0.1) is 13.0 Å². The minimum Gasteiger partial charge on any atom is -0.455 e. The SMILES string of the molecule is Cc1ccc(NC(=O)C[C@@H]2C(=O)OC[C@@H]3CCCC[NH+]32)cc1Cl. The molecule has 2 aliphatic rings. The van der Waals surface area contributed by atoms with Crippen LogP contribution in [0.5, 0.6) is 0 Å². The maximum absolute atomic E-state index is 12.3. The third-order valence-corrected chi connectivity index (χ3v) is 5.20. The number of anilines is 1. The number of benzene rings is 1. The number of quaternary nitrogens is 1. The summed E-state index contributed by atoms with van der Waals surface area (Å²) in [4.78, 5) is 25.6. The number of fused-ring (bicyclic) bond motifs is 1. The lowest BCUT2D eigenvalue weighted by molar-refractivity contribution is -0.951. The fourth-order valence-corrected chi connectivity index (χ4v) is 3.66. The van der Waals surface area contributed by atoms with Crippen LogP contribution in [0, 0.1) is 6.92 Å². The summed E-state index contributed by atoms with van der Waals surface area (Å²) in [5, 5.41) is 3.44. The zero-order chi connectivity index (χ0) is 16.4. The van der Waals surface area contributed by atoms with Crippen molar-refractivity contribution in [3.8, 4) is 0 Å². The molecule has 0 radical (unpaired) electrons. The highest BCUT2D eigenvalue weighted by Gasteiger charge is 2.43. The number of aryl methyl sites for hydroxylation is 1. The van der Waals surface area contributed by atoms with Gasteiger partial charge in [0, 0.05) is 17.1 Å². The first-order valence-corrected chi connectivity index (χ1v) is 8.50. The number of cyclic esters (lactones) is 1. The van der Waals surface area contributed by atoms with E-state index in [2.05, 4.69) is 5.32 Å². The minimum atomic E-state index is -0.394. The summed E-state index contributed by atoms with van der Waals surface area (Å²) in [6.45, 7) is 3.33. The fraction of sp³-hybridized carbons (Fsp3) is 0.529. The smallest absolute Gasteiger partial charge is 0.365 e. The van der Waals surface area contributed by atoms with Gasteiger partial charge in [0.25, 0.3) is 0 Å². The third kappa shape index (κ3) is 3.67. The van der Waals surface area contributed by atoms with Gasteiger partial charge in [-0.05, 0) is 37.5 Å². The van der Waals surface area contributed by atoms with Gasteiger partial charge in [-0.25, -0.2) is 4.79 Å². The molecule has 0 bridgehead atoms. The van der Waals surface area contributed by atoms with Gasteiger partial charge in [-0.3, -0.25) is 4.79 Å². The lowest BCUT2D eigenvalue weighted by Gasteiger charge is -2.40. The van der Waals surface area contributed by atoms with Crippen LogP contribution in [0.3, 0.4) is 0 Å². The van der Waals surface area contributed by atoms with E-state index in [1.807, 2.05) is 19.1 Å². The second-order valence-corrected chi connectivity index (χ2v) is 6.82. The first-order valence-electron chi connectivity index (χ1n) is 8.13. The Kier molecular flexibility index (Phi) is 4.87. The Hall–Kier alpha value is -1.59. The molecule has 1 aromatic rings. The molecular weight excluding hydrogens is 316 g/mol. The van der Waals surface area contributed by atoms with Gasteiger partial charge in [-0.15, -0.1) is 0 Å². The molecule has 0 saturated carbocycles. The third-order valence-electron chi connectivity index (χ3n) is 4.80. The van der Waals surface area contributed by atoms with E-state index in [-0.39, 0.29) is 18.3 Å². The van der Waals surface area contributed by atoms with Gasteiger partial charge in [-0.2, -0.15) is 0 Å². The van der Waals surface area contributed by atoms with E-state index in [1.165, 1.54) is 11.3 Å². The van der Waals surface area contributed by atoms with Crippen molar-refractivity contribution in [1.29, 1.82) is 0 Å². The average molecular weight is 338 g/mol. The number of nitrogens with one attached hydrogen (secondary N) is 2. The molecule has 0 spiro atoms. The maximum atomic E-state index is 12.3. The van der Waals surface area contributed by atoms with E-state index in [0.717, 1.165) is 24.9 Å². The molecule has 3 atom stereocenters. The van der Waals surface area contributed by atoms with E-state index in [0.29, 0.717) is 23.4 Å². The Bertz CT molecular complexity index is 620. The number of carbonyl (C=O) groups is 2. The molecule has 3 rings (SSSR count). The van der Waals surface area contributed by atoms with Crippen molar-refractivity contribution >= 4 is 29.2 Å². The van der Waals surface area contributed by atoms with Gasteiger partial charge < -0.3 is 15.0 Å². The van der Waals surface area contributed by atoms with E-state index in [1.54, 1.807) is 6.07 Å². The van der Waals surface area contributed by atoms with Crippen LogP contribution in [0.2, 0.25) is 5.02 Å². The zero-order valence-corrected chi connectivity index (χ0v) is 14.0. The number of esters is 1. The summed E-state index contributed by atoms with van der Waals surface area (Å²) in [5.74, 6) is -0.430. The van der Waals surface area contributed by atoms with Crippen LogP contribution in [0.25, 0.3) is 0 Å². The van der Waals surface area contributed by atoms with Gasteiger partial charge in [-0.1, -0.05) is 17.7 Å². The molecule has 124 valence electrons. The Morgan fingerprint density at radius 1 is 1.43 bits per heavy atom. The zero-order valence-electron chi connectivity index (χ0n) is 13.2. The largest absolute Gasteiger partial charge is 0.455 e. The Labute approximate surface area is 140 Å². The van der Waals surface area contributed by atoms with Gasteiger partial charge in [0.2, 0.25) is 5.91 Å². The van der Waals surface area contributed by atoms with E-state index in [4.69, 9.17) is 16.3 Å². The van der Waals surface area contributed by atoms with Crippen molar-refractivity contribution in [2.24, 2.45) is 0 Å². The summed E-state index contributed by atoms with van der Waals surface area (Å²) < 4.78 is 5.29. The lowest BCUT2D eigenvalue weighted by Crippen LogP contribution is -3.22. The molecule has 2 heterocycles. The van der Waals surface area contributed by atoms with Crippen LogP contribution in [0.4, 0.5) is 5.69 Å². The molecule has 2 saturated heterocycles. The quantitative estimate of drug-likeness (QED) is 0.818. The topological polar surface area (TPSA) is 59.8 Å². The van der Waals surface area contributed by atoms with Crippen molar-refractivity contribution in [2.75, 3.05) is 18.5 Å². The lowest BCUT2D eigenvalue weighted by atomic mass is 9.97. The summed E-state index contributed by atoms with van der Waals surface area (Å²) in [6.07, 6.45) is 3.49. The molecule has 2 fully saturated rings. The Morgan fingerprint density at radius 2 is 2.26 bits per heavy atom. The highest BCUT2D eigenvalue weighted by molar-refractivity contribution is 6.31. The predicted octanol–water partition coefficient (Wildman–Crippen LogP) is 1.34. The van der Waals surface area contributed by atoms with Crippen molar-refractivity contribution in [3.05, 3.63) is 28.8 Å². The number of hydrogen-bond donors (Lipinski definition) is 2. The first kappa shape index (κ1) is 16.3. The molecule has 6 heteroatoms. The van der Waals surface area contributed by atoms with Crippen molar-refractivity contribution < 1.29 is 19.2 Å². The van der Waals surface area contributed by atoms with E-state index in [9.17, 15) is 9.59 Å². The van der Waals surface area contributed by atoms with Crippen LogP contribution < -0.4 is 10.2 Å². The fourth-order valence-electron chi connectivity index (χ4n) is 3.48. The number of halogens is 1. The van der Waals surface area contributed by atoms with Crippen LogP contribution >= 0.6 is 11.6 Å². The van der Waals surface area contributed by atoms with Crippen LogP contribution in [-0.2, 0) is 14.3 Å². The van der Waals surface area contributed by atoms with E-state index >= 15 is 0 Å². The summed E-state index contributed by atoms with van der Waals surface area (Å²) in [6, 6.07) is 5.35. The molecule has 0 aromatic heterocycles. The molecule has 1 amide bonds.